The lowest BCUT2D eigenvalue weighted by Crippen LogP contribution is -2.26. The number of hydrogen-bond acceptors (Lipinski definition) is 4. The van der Waals surface area contributed by atoms with E-state index in [9.17, 15) is 4.79 Å². The Morgan fingerprint density at radius 2 is 2.09 bits per heavy atom. The van der Waals surface area contributed by atoms with E-state index in [1.54, 1.807) is 12.1 Å². The van der Waals surface area contributed by atoms with E-state index in [1.807, 2.05) is 13.8 Å². The summed E-state index contributed by atoms with van der Waals surface area (Å²) in [4.78, 5) is 12.0. The van der Waals surface area contributed by atoms with Crippen molar-refractivity contribution in [3.63, 3.8) is 0 Å². The van der Waals surface area contributed by atoms with E-state index in [0.717, 1.165) is 6.42 Å². The molecule has 0 fully saturated rings. The maximum absolute atomic E-state index is 12.0. The number of nitrogens with one attached hydrogen (secondary N) is 1. The first-order valence-corrected chi connectivity index (χ1v) is 7.36. The third-order valence-corrected chi connectivity index (χ3v) is 3.00. The zero-order valence-corrected chi connectivity index (χ0v) is 14.7. The maximum Gasteiger partial charge on any atom is 0.251 e. The Balaban J connectivity index is 0.00000441. The molecule has 126 valence electrons. The summed E-state index contributed by atoms with van der Waals surface area (Å²) in [6, 6.07) is 3.21. The Kier molecular flexibility index (Phi) is 9.98. The van der Waals surface area contributed by atoms with E-state index in [4.69, 9.17) is 26.8 Å². The molecule has 0 aliphatic rings. The standard InChI is InChI=1S/C15H23ClN2O3.ClH/c1-10(2)9-21-14-12(16)7-11(8-13(14)20-3)15(19)18-6-4-5-17;/h7-8,10H,4-6,9,17H2,1-3H3,(H,18,19);1H. The number of carbonyl (C=O) groups excluding carboxylic acids is 1. The van der Waals surface area contributed by atoms with E-state index in [1.165, 1.54) is 7.11 Å². The van der Waals surface area contributed by atoms with Crippen molar-refractivity contribution >= 4 is 29.9 Å². The van der Waals surface area contributed by atoms with E-state index in [0.29, 0.717) is 47.7 Å². The summed E-state index contributed by atoms with van der Waals surface area (Å²) in [7, 11) is 1.52. The Bertz CT molecular complexity index is 482. The molecular formula is C15H24Cl2N2O3. The van der Waals surface area contributed by atoms with Crippen LogP contribution in [0.15, 0.2) is 12.1 Å². The molecule has 0 spiro atoms. The van der Waals surface area contributed by atoms with Gasteiger partial charge < -0.3 is 20.5 Å². The lowest BCUT2D eigenvalue weighted by Gasteiger charge is -2.15. The number of methoxy groups -OCH3 is 1. The molecular weight excluding hydrogens is 327 g/mol. The van der Waals surface area contributed by atoms with Crippen LogP contribution in [0.4, 0.5) is 0 Å². The number of benzene rings is 1. The van der Waals surface area contributed by atoms with Crippen molar-refractivity contribution in [3.05, 3.63) is 22.7 Å². The molecule has 0 saturated heterocycles. The molecule has 0 unspecified atom stereocenters. The smallest absolute Gasteiger partial charge is 0.251 e. The quantitative estimate of drug-likeness (QED) is 0.707. The van der Waals surface area contributed by atoms with Crippen molar-refractivity contribution in [3.8, 4) is 11.5 Å². The minimum atomic E-state index is -0.209. The first-order valence-electron chi connectivity index (χ1n) is 6.98. The van der Waals surface area contributed by atoms with Crippen LogP contribution in [0, 0.1) is 5.92 Å². The second-order valence-corrected chi connectivity index (χ2v) is 5.50. The third kappa shape index (κ3) is 6.30. The first-order chi connectivity index (χ1) is 9.99. The van der Waals surface area contributed by atoms with E-state index >= 15 is 0 Å². The molecule has 1 rings (SSSR count). The summed E-state index contributed by atoms with van der Waals surface area (Å²) >= 11 is 6.20. The summed E-state index contributed by atoms with van der Waals surface area (Å²) in [5, 5.41) is 3.13. The van der Waals surface area contributed by atoms with Crippen LogP contribution in [0.1, 0.15) is 30.6 Å². The van der Waals surface area contributed by atoms with Gasteiger partial charge in [-0.2, -0.15) is 0 Å². The van der Waals surface area contributed by atoms with Gasteiger partial charge in [0.2, 0.25) is 0 Å². The summed E-state index contributed by atoms with van der Waals surface area (Å²) < 4.78 is 10.9. The van der Waals surface area contributed by atoms with Crippen LogP contribution >= 0.6 is 24.0 Å². The minimum absolute atomic E-state index is 0. The number of rotatable bonds is 8. The van der Waals surface area contributed by atoms with Crippen molar-refractivity contribution in [2.75, 3.05) is 26.8 Å². The molecule has 0 atom stereocenters. The fraction of sp³-hybridized carbons (Fsp3) is 0.533. The number of hydrogen-bond donors (Lipinski definition) is 2. The first kappa shape index (κ1) is 20.8. The number of nitrogens with two attached hydrogens (primary N) is 1. The fourth-order valence-electron chi connectivity index (χ4n) is 1.65. The Hall–Kier alpha value is -1.17. The van der Waals surface area contributed by atoms with Gasteiger partial charge in [0.15, 0.2) is 11.5 Å². The number of amides is 1. The molecule has 0 saturated carbocycles. The van der Waals surface area contributed by atoms with Gasteiger partial charge in [-0.05, 0) is 31.0 Å². The van der Waals surface area contributed by atoms with E-state index in [2.05, 4.69) is 5.32 Å². The number of halogens is 2. The van der Waals surface area contributed by atoms with Crippen molar-refractivity contribution < 1.29 is 14.3 Å². The predicted molar refractivity (Wildman–Crippen MR) is 91.6 cm³/mol. The zero-order valence-electron chi connectivity index (χ0n) is 13.1. The van der Waals surface area contributed by atoms with Gasteiger partial charge in [-0.15, -0.1) is 12.4 Å². The van der Waals surface area contributed by atoms with Crippen molar-refractivity contribution in [1.82, 2.24) is 5.32 Å². The Morgan fingerprint density at radius 3 is 2.64 bits per heavy atom. The van der Waals surface area contributed by atoms with Gasteiger partial charge in [-0.25, -0.2) is 0 Å². The van der Waals surface area contributed by atoms with E-state index in [-0.39, 0.29) is 18.3 Å². The minimum Gasteiger partial charge on any atom is -0.493 e. The van der Waals surface area contributed by atoms with Crippen LogP contribution in [0.2, 0.25) is 5.02 Å². The van der Waals surface area contributed by atoms with Gasteiger partial charge in [-0.3, -0.25) is 4.79 Å². The topological polar surface area (TPSA) is 73.6 Å². The average molecular weight is 351 g/mol. The molecule has 0 radical (unpaired) electrons. The molecule has 1 aromatic rings. The predicted octanol–water partition coefficient (Wildman–Crippen LogP) is 2.88. The molecule has 0 aliphatic carbocycles. The highest BCUT2D eigenvalue weighted by Gasteiger charge is 2.16. The van der Waals surface area contributed by atoms with Crippen LogP contribution in [0.3, 0.4) is 0 Å². The van der Waals surface area contributed by atoms with Crippen molar-refractivity contribution in [2.45, 2.75) is 20.3 Å². The molecule has 5 nitrogen and oxygen atoms in total. The number of ether oxygens (including phenoxy) is 2. The van der Waals surface area contributed by atoms with Gasteiger partial charge in [0.25, 0.3) is 5.91 Å². The fourth-order valence-corrected chi connectivity index (χ4v) is 1.91. The molecule has 1 aromatic carbocycles. The van der Waals surface area contributed by atoms with Crippen LogP contribution < -0.4 is 20.5 Å². The Morgan fingerprint density at radius 1 is 1.41 bits per heavy atom. The zero-order chi connectivity index (χ0) is 15.8. The van der Waals surface area contributed by atoms with Gasteiger partial charge in [0.05, 0.1) is 18.7 Å². The summed E-state index contributed by atoms with van der Waals surface area (Å²) in [5.41, 5.74) is 5.83. The largest absolute Gasteiger partial charge is 0.493 e. The van der Waals surface area contributed by atoms with Crippen molar-refractivity contribution in [1.29, 1.82) is 0 Å². The molecule has 3 N–H and O–H groups in total. The summed E-state index contributed by atoms with van der Waals surface area (Å²) in [5.74, 6) is 1.07. The van der Waals surface area contributed by atoms with Crippen LogP contribution in [-0.4, -0.2) is 32.7 Å². The van der Waals surface area contributed by atoms with E-state index < -0.39 is 0 Å². The second-order valence-electron chi connectivity index (χ2n) is 5.09. The third-order valence-electron chi connectivity index (χ3n) is 2.72. The maximum atomic E-state index is 12.0. The van der Waals surface area contributed by atoms with Crippen LogP contribution in [-0.2, 0) is 0 Å². The lowest BCUT2D eigenvalue weighted by molar-refractivity contribution is 0.0953. The van der Waals surface area contributed by atoms with Gasteiger partial charge >= 0.3 is 0 Å². The molecule has 0 aliphatic heterocycles. The van der Waals surface area contributed by atoms with Crippen molar-refractivity contribution in [2.24, 2.45) is 11.7 Å². The molecule has 0 aromatic heterocycles. The molecule has 1 amide bonds. The summed E-state index contributed by atoms with van der Waals surface area (Å²) in [6.45, 7) is 5.67. The summed E-state index contributed by atoms with van der Waals surface area (Å²) in [6.07, 6.45) is 0.728. The second kappa shape index (κ2) is 10.5. The molecule has 22 heavy (non-hydrogen) atoms. The monoisotopic (exact) mass is 350 g/mol. The van der Waals surface area contributed by atoms with Gasteiger partial charge in [0.1, 0.15) is 0 Å². The van der Waals surface area contributed by atoms with Gasteiger partial charge in [-0.1, -0.05) is 25.4 Å². The highest BCUT2D eigenvalue weighted by Crippen LogP contribution is 2.36. The normalized spacial score (nSPS) is 10.1. The van der Waals surface area contributed by atoms with Crippen LogP contribution in [0.5, 0.6) is 11.5 Å². The van der Waals surface area contributed by atoms with Crippen LogP contribution in [0.25, 0.3) is 0 Å². The molecule has 0 heterocycles. The average Bonchev–Trinajstić information content (AvgIpc) is 2.45. The highest BCUT2D eigenvalue weighted by molar-refractivity contribution is 6.32. The highest BCUT2D eigenvalue weighted by atomic mass is 35.5. The lowest BCUT2D eigenvalue weighted by atomic mass is 10.1. The number of carbonyl (C=O) groups is 1. The molecule has 7 heteroatoms. The Labute approximate surface area is 142 Å². The SMILES string of the molecule is COc1cc(C(=O)NCCCN)cc(Cl)c1OCC(C)C.Cl. The molecule has 0 bridgehead atoms. The van der Waals surface area contributed by atoms with Gasteiger partial charge in [0, 0.05) is 12.1 Å².